The molecule has 0 amide bonds. The van der Waals surface area contributed by atoms with E-state index in [1.165, 1.54) is 4.57 Å². The lowest BCUT2D eigenvalue weighted by Gasteiger charge is -2.34. The Labute approximate surface area is 104 Å². The molecule has 2 rings (SSSR count). The van der Waals surface area contributed by atoms with Gasteiger partial charge in [-0.15, -0.1) is 0 Å². The van der Waals surface area contributed by atoms with Gasteiger partial charge in [0.1, 0.15) is 0 Å². The van der Waals surface area contributed by atoms with Gasteiger partial charge in [0.2, 0.25) is 0 Å². The summed E-state index contributed by atoms with van der Waals surface area (Å²) in [6, 6.07) is 0. The van der Waals surface area contributed by atoms with Gasteiger partial charge in [0.15, 0.2) is 5.82 Å². The fourth-order valence-electron chi connectivity index (χ4n) is 2.01. The second-order valence-corrected chi connectivity index (χ2v) is 4.32. The first-order valence-corrected chi connectivity index (χ1v) is 5.78. The molecule has 7 nitrogen and oxygen atoms in total. The number of carbonyl (C=O) groups is 1. The van der Waals surface area contributed by atoms with Crippen molar-refractivity contribution in [3.8, 4) is 0 Å². The van der Waals surface area contributed by atoms with Gasteiger partial charge in [-0.3, -0.25) is 14.5 Å². The van der Waals surface area contributed by atoms with Gasteiger partial charge in [-0.05, 0) is 0 Å². The highest BCUT2D eigenvalue weighted by atomic mass is 16.4. The Morgan fingerprint density at radius 3 is 2.67 bits per heavy atom. The van der Waals surface area contributed by atoms with E-state index in [-0.39, 0.29) is 12.1 Å². The maximum absolute atomic E-state index is 11.9. The maximum Gasteiger partial charge on any atom is 0.317 e. The molecule has 2 heterocycles. The third-order valence-electron chi connectivity index (χ3n) is 3.03. The summed E-state index contributed by atoms with van der Waals surface area (Å²) in [5.41, 5.74) is -0.121. The Morgan fingerprint density at radius 2 is 2.06 bits per heavy atom. The van der Waals surface area contributed by atoms with Gasteiger partial charge >= 0.3 is 5.97 Å². The number of carboxylic acid groups (broad SMARTS) is 1. The number of aromatic nitrogens is 2. The van der Waals surface area contributed by atoms with E-state index in [0.717, 1.165) is 0 Å². The number of aliphatic carboxylic acids is 1. The average molecular weight is 252 g/mol. The second-order valence-electron chi connectivity index (χ2n) is 4.32. The Balaban J connectivity index is 2.03. The minimum absolute atomic E-state index is 0.0497. The van der Waals surface area contributed by atoms with E-state index < -0.39 is 5.97 Å². The van der Waals surface area contributed by atoms with Crippen LogP contribution in [0.1, 0.15) is 0 Å². The van der Waals surface area contributed by atoms with Gasteiger partial charge in [-0.1, -0.05) is 0 Å². The van der Waals surface area contributed by atoms with Gasteiger partial charge in [0.05, 0.1) is 6.54 Å². The fourth-order valence-corrected chi connectivity index (χ4v) is 2.01. The van der Waals surface area contributed by atoms with Crippen LogP contribution in [0.25, 0.3) is 0 Å². The van der Waals surface area contributed by atoms with E-state index in [0.29, 0.717) is 32.0 Å². The smallest absolute Gasteiger partial charge is 0.317 e. The summed E-state index contributed by atoms with van der Waals surface area (Å²) < 4.78 is 1.49. The van der Waals surface area contributed by atoms with Crippen LogP contribution in [-0.2, 0) is 11.8 Å². The molecule has 0 atom stereocenters. The molecule has 18 heavy (non-hydrogen) atoms. The molecule has 1 N–H and O–H groups in total. The molecule has 0 unspecified atom stereocenters. The first-order valence-electron chi connectivity index (χ1n) is 5.78. The highest BCUT2D eigenvalue weighted by Gasteiger charge is 2.21. The molecule has 0 aromatic carbocycles. The molecule has 0 bridgehead atoms. The van der Waals surface area contributed by atoms with Crippen LogP contribution < -0.4 is 10.5 Å². The van der Waals surface area contributed by atoms with E-state index in [2.05, 4.69) is 4.98 Å². The van der Waals surface area contributed by atoms with Crippen molar-refractivity contribution in [3.05, 3.63) is 22.7 Å². The fraction of sp³-hybridized carbons (Fsp3) is 0.545. The summed E-state index contributed by atoms with van der Waals surface area (Å²) in [5, 5.41) is 8.71. The van der Waals surface area contributed by atoms with E-state index in [9.17, 15) is 9.59 Å². The van der Waals surface area contributed by atoms with Crippen molar-refractivity contribution in [3.63, 3.8) is 0 Å². The number of aryl methyl sites for hydroxylation is 1. The molecule has 0 radical (unpaired) electrons. The minimum Gasteiger partial charge on any atom is -0.480 e. The summed E-state index contributed by atoms with van der Waals surface area (Å²) in [7, 11) is 1.69. The van der Waals surface area contributed by atoms with Crippen LogP contribution in [-0.4, -0.2) is 58.3 Å². The van der Waals surface area contributed by atoms with Crippen molar-refractivity contribution >= 4 is 11.8 Å². The van der Waals surface area contributed by atoms with Crippen molar-refractivity contribution in [2.45, 2.75) is 0 Å². The van der Waals surface area contributed by atoms with Crippen LogP contribution in [0.4, 0.5) is 5.82 Å². The van der Waals surface area contributed by atoms with E-state index >= 15 is 0 Å². The lowest BCUT2D eigenvalue weighted by atomic mass is 10.3. The van der Waals surface area contributed by atoms with Crippen LogP contribution in [0.2, 0.25) is 0 Å². The second kappa shape index (κ2) is 5.18. The van der Waals surface area contributed by atoms with Crippen LogP contribution in [0, 0.1) is 0 Å². The molecule has 1 aromatic heterocycles. The molecule has 1 aromatic rings. The Hall–Kier alpha value is -1.89. The quantitative estimate of drug-likeness (QED) is 0.742. The van der Waals surface area contributed by atoms with Crippen LogP contribution >= 0.6 is 0 Å². The number of rotatable bonds is 3. The summed E-state index contributed by atoms with van der Waals surface area (Å²) in [5.74, 6) is -0.382. The molecular formula is C11H16N4O3. The SMILES string of the molecule is Cn1ccnc(N2CCN(CC(=O)O)CC2)c1=O. The first kappa shape index (κ1) is 12.6. The van der Waals surface area contributed by atoms with E-state index in [4.69, 9.17) is 5.11 Å². The number of hydrogen-bond acceptors (Lipinski definition) is 5. The number of carboxylic acids is 1. The molecule has 7 heteroatoms. The summed E-state index contributed by atoms with van der Waals surface area (Å²) in [4.78, 5) is 30.3. The molecule has 1 aliphatic heterocycles. The van der Waals surface area contributed by atoms with Gasteiger partial charge < -0.3 is 14.6 Å². The Bertz CT molecular complexity index is 491. The van der Waals surface area contributed by atoms with Gasteiger partial charge in [-0.2, -0.15) is 0 Å². The molecule has 0 spiro atoms. The highest BCUT2D eigenvalue weighted by molar-refractivity contribution is 5.69. The minimum atomic E-state index is -0.822. The Morgan fingerprint density at radius 1 is 1.39 bits per heavy atom. The average Bonchev–Trinajstić information content (AvgIpc) is 2.33. The number of piperazine rings is 1. The number of anilines is 1. The normalized spacial score (nSPS) is 16.8. The molecule has 1 fully saturated rings. The molecule has 0 saturated carbocycles. The summed E-state index contributed by atoms with van der Waals surface area (Å²) >= 11 is 0. The molecule has 1 saturated heterocycles. The lowest BCUT2D eigenvalue weighted by molar-refractivity contribution is -0.138. The van der Waals surface area contributed by atoms with E-state index in [1.54, 1.807) is 19.4 Å². The van der Waals surface area contributed by atoms with Crippen molar-refractivity contribution in [2.75, 3.05) is 37.6 Å². The molecule has 0 aliphatic carbocycles. The topological polar surface area (TPSA) is 78.7 Å². The van der Waals surface area contributed by atoms with Gasteiger partial charge in [0.25, 0.3) is 5.56 Å². The third kappa shape index (κ3) is 2.67. The zero-order valence-electron chi connectivity index (χ0n) is 10.2. The van der Waals surface area contributed by atoms with Crippen LogP contribution in [0.3, 0.4) is 0 Å². The van der Waals surface area contributed by atoms with E-state index in [1.807, 2.05) is 9.80 Å². The largest absolute Gasteiger partial charge is 0.480 e. The number of nitrogens with zero attached hydrogens (tertiary/aromatic N) is 4. The predicted molar refractivity (Wildman–Crippen MR) is 65.8 cm³/mol. The third-order valence-corrected chi connectivity index (χ3v) is 3.03. The van der Waals surface area contributed by atoms with Gasteiger partial charge in [-0.25, -0.2) is 4.98 Å². The number of hydrogen-bond donors (Lipinski definition) is 1. The highest BCUT2D eigenvalue weighted by Crippen LogP contribution is 2.08. The monoisotopic (exact) mass is 252 g/mol. The van der Waals surface area contributed by atoms with Crippen molar-refractivity contribution in [2.24, 2.45) is 7.05 Å². The van der Waals surface area contributed by atoms with Crippen LogP contribution in [0.5, 0.6) is 0 Å². The molecule has 98 valence electrons. The molecular weight excluding hydrogens is 236 g/mol. The first-order chi connectivity index (χ1) is 8.58. The zero-order chi connectivity index (χ0) is 13.1. The summed E-state index contributed by atoms with van der Waals surface area (Å²) in [6.07, 6.45) is 3.22. The molecule has 1 aliphatic rings. The Kier molecular flexibility index (Phi) is 3.61. The van der Waals surface area contributed by atoms with Crippen molar-refractivity contribution in [1.82, 2.24) is 14.5 Å². The van der Waals surface area contributed by atoms with Crippen molar-refractivity contribution in [1.29, 1.82) is 0 Å². The lowest BCUT2D eigenvalue weighted by Crippen LogP contribution is -2.49. The van der Waals surface area contributed by atoms with Gasteiger partial charge in [0, 0.05) is 45.6 Å². The van der Waals surface area contributed by atoms with Crippen molar-refractivity contribution < 1.29 is 9.90 Å². The standard InChI is InChI=1S/C11H16N4O3/c1-13-3-2-12-10(11(13)18)15-6-4-14(5-7-15)8-9(16)17/h2-3H,4-8H2,1H3,(H,16,17). The predicted octanol–water partition coefficient (Wildman–Crippen LogP) is -1.01. The van der Waals surface area contributed by atoms with Crippen LogP contribution in [0.15, 0.2) is 17.2 Å². The zero-order valence-corrected chi connectivity index (χ0v) is 10.2. The summed E-state index contributed by atoms with van der Waals surface area (Å²) in [6.45, 7) is 2.56. The maximum atomic E-state index is 11.9.